The van der Waals surface area contributed by atoms with Crippen molar-refractivity contribution in [2.45, 2.75) is 18.9 Å². The van der Waals surface area contributed by atoms with Crippen molar-refractivity contribution in [2.75, 3.05) is 23.7 Å². The monoisotopic (exact) mass is 311 g/mol. The van der Waals surface area contributed by atoms with E-state index in [1.165, 1.54) is 6.20 Å². The first kappa shape index (κ1) is 15.3. The fraction of sp³-hybridized carbons (Fsp3) is 0.294. The zero-order valence-corrected chi connectivity index (χ0v) is 12.9. The molecule has 6 nitrogen and oxygen atoms in total. The summed E-state index contributed by atoms with van der Waals surface area (Å²) in [5, 5.41) is 9.99. The average molecular weight is 311 g/mol. The van der Waals surface area contributed by atoms with Crippen LogP contribution in [0.4, 0.5) is 17.2 Å². The molecule has 0 saturated carbocycles. The Bertz CT molecular complexity index is 668. The van der Waals surface area contributed by atoms with E-state index in [-0.39, 0.29) is 0 Å². The lowest BCUT2D eigenvalue weighted by Crippen LogP contribution is -2.35. The largest absolute Gasteiger partial charge is 0.381 e. The lowest BCUT2D eigenvalue weighted by molar-refractivity contribution is 0.100. The molecule has 0 aliphatic carbocycles. The van der Waals surface area contributed by atoms with Gasteiger partial charge in [-0.15, -0.1) is 0 Å². The number of piperidine rings is 1. The van der Waals surface area contributed by atoms with Crippen molar-refractivity contribution in [2.24, 2.45) is 5.73 Å². The van der Waals surface area contributed by atoms with Crippen LogP contribution in [0.2, 0.25) is 0 Å². The van der Waals surface area contributed by atoms with E-state index in [1.807, 2.05) is 36.4 Å². The molecule has 1 aliphatic heterocycles. The van der Waals surface area contributed by atoms with Crippen LogP contribution in [0.1, 0.15) is 23.2 Å². The van der Waals surface area contributed by atoms with E-state index in [2.05, 4.69) is 20.9 Å². The quantitative estimate of drug-likeness (QED) is 0.678. The lowest BCUT2D eigenvalue weighted by atomic mass is 10.1. The fourth-order valence-corrected chi connectivity index (χ4v) is 2.70. The third-order valence-electron chi connectivity index (χ3n) is 3.91. The molecular weight excluding hydrogens is 290 g/mol. The first-order valence-electron chi connectivity index (χ1n) is 7.81. The number of para-hydroxylation sites is 1. The molecular formula is C17H21N5O. The maximum Gasteiger partial charge on any atom is 0.252 e. The van der Waals surface area contributed by atoms with Gasteiger partial charge in [0.1, 0.15) is 5.82 Å². The van der Waals surface area contributed by atoms with Crippen LogP contribution in [0.3, 0.4) is 0 Å². The summed E-state index contributed by atoms with van der Waals surface area (Å²) < 4.78 is 0. The summed E-state index contributed by atoms with van der Waals surface area (Å²) in [6.07, 6.45) is 3.56. The molecule has 1 saturated heterocycles. The number of nitrogens with two attached hydrogens (primary N) is 1. The first-order valence-corrected chi connectivity index (χ1v) is 7.81. The number of rotatable bonds is 5. The highest BCUT2D eigenvalue weighted by Gasteiger charge is 2.17. The van der Waals surface area contributed by atoms with E-state index in [9.17, 15) is 4.79 Å². The van der Waals surface area contributed by atoms with E-state index in [0.29, 0.717) is 17.4 Å². The van der Waals surface area contributed by atoms with E-state index >= 15 is 0 Å². The van der Waals surface area contributed by atoms with Crippen molar-refractivity contribution in [3.63, 3.8) is 0 Å². The van der Waals surface area contributed by atoms with Crippen molar-refractivity contribution < 1.29 is 4.79 Å². The maximum atomic E-state index is 11.6. The SMILES string of the molecule is NC(=O)c1cnc(Nc2ccccc2)cc1NC1CCNCC1. The highest BCUT2D eigenvalue weighted by Crippen LogP contribution is 2.23. The summed E-state index contributed by atoms with van der Waals surface area (Å²) in [5.41, 5.74) is 7.57. The molecule has 1 aromatic heterocycles. The summed E-state index contributed by atoms with van der Waals surface area (Å²) in [7, 11) is 0. The van der Waals surface area contributed by atoms with E-state index < -0.39 is 5.91 Å². The second-order valence-corrected chi connectivity index (χ2v) is 5.64. The second-order valence-electron chi connectivity index (χ2n) is 5.64. The van der Waals surface area contributed by atoms with Crippen LogP contribution in [-0.2, 0) is 0 Å². The van der Waals surface area contributed by atoms with E-state index in [4.69, 9.17) is 5.73 Å². The van der Waals surface area contributed by atoms with Gasteiger partial charge in [-0.05, 0) is 38.1 Å². The number of pyridine rings is 1. The normalized spacial score (nSPS) is 15.1. The van der Waals surface area contributed by atoms with Crippen LogP contribution < -0.4 is 21.7 Å². The number of aromatic nitrogens is 1. The molecule has 1 aliphatic rings. The van der Waals surface area contributed by atoms with Gasteiger partial charge in [-0.3, -0.25) is 4.79 Å². The topological polar surface area (TPSA) is 92.1 Å². The van der Waals surface area contributed by atoms with Crippen molar-refractivity contribution in [3.05, 3.63) is 48.2 Å². The molecule has 2 heterocycles. The van der Waals surface area contributed by atoms with Gasteiger partial charge < -0.3 is 21.7 Å². The Morgan fingerprint density at radius 3 is 2.65 bits per heavy atom. The summed E-state index contributed by atoms with van der Waals surface area (Å²) in [4.78, 5) is 15.9. The predicted octanol–water partition coefficient (Wildman–Crippen LogP) is 2.09. The van der Waals surface area contributed by atoms with Crippen molar-refractivity contribution in [1.29, 1.82) is 0 Å². The molecule has 0 bridgehead atoms. The van der Waals surface area contributed by atoms with Gasteiger partial charge in [0.2, 0.25) is 0 Å². The van der Waals surface area contributed by atoms with Gasteiger partial charge in [0, 0.05) is 24.0 Å². The second kappa shape index (κ2) is 7.11. The Balaban J connectivity index is 1.82. The molecule has 0 radical (unpaired) electrons. The Hall–Kier alpha value is -2.60. The van der Waals surface area contributed by atoms with Crippen molar-refractivity contribution >= 4 is 23.1 Å². The lowest BCUT2D eigenvalue weighted by Gasteiger charge is -2.25. The van der Waals surface area contributed by atoms with Crippen LogP contribution in [0.15, 0.2) is 42.6 Å². The number of carbonyl (C=O) groups excluding carboxylic acids is 1. The van der Waals surface area contributed by atoms with E-state index in [1.54, 1.807) is 0 Å². The number of anilines is 3. The minimum Gasteiger partial charge on any atom is -0.381 e. The third kappa shape index (κ3) is 3.98. The number of nitrogens with zero attached hydrogens (tertiary/aromatic N) is 1. The smallest absolute Gasteiger partial charge is 0.252 e. The minimum atomic E-state index is -0.472. The molecule has 120 valence electrons. The number of primary amides is 1. The first-order chi connectivity index (χ1) is 11.2. The van der Waals surface area contributed by atoms with Crippen LogP contribution >= 0.6 is 0 Å². The predicted molar refractivity (Wildman–Crippen MR) is 92.0 cm³/mol. The van der Waals surface area contributed by atoms with Crippen LogP contribution in [0.25, 0.3) is 0 Å². The van der Waals surface area contributed by atoms with Gasteiger partial charge >= 0.3 is 0 Å². The Morgan fingerprint density at radius 2 is 1.96 bits per heavy atom. The molecule has 1 fully saturated rings. The van der Waals surface area contributed by atoms with Crippen LogP contribution in [0, 0.1) is 0 Å². The number of benzene rings is 1. The zero-order chi connectivity index (χ0) is 16.1. The Labute approximate surface area is 135 Å². The number of amides is 1. The average Bonchev–Trinajstić information content (AvgIpc) is 2.57. The van der Waals surface area contributed by atoms with Gasteiger partial charge in [-0.1, -0.05) is 18.2 Å². The number of hydrogen-bond donors (Lipinski definition) is 4. The Morgan fingerprint density at radius 1 is 1.22 bits per heavy atom. The maximum absolute atomic E-state index is 11.6. The third-order valence-corrected chi connectivity index (χ3v) is 3.91. The molecule has 23 heavy (non-hydrogen) atoms. The molecule has 1 aromatic carbocycles. The number of hydrogen-bond acceptors (Lipinski definition) is 5. The molecule has 5 N–H and O–H groups in total. The molecule has 1 amide bonds. The Kier molecular flexibility index (Phi) is 4.73. The molecule has 6 heteroatoms. The molecule has 3 rings (SSSR count). The minimum absolute atomic E-state index is 0.335. The fourth-order valence-electron chi connectivity index (χ4n) is 2.70. The molecule has 0 unspecified atom stereocenters. The summed E-state index contributed by atoms with van der Waals surface area (Å²) in [6.45, 7) is 1.95. The van der Waals surface area contributed by atoms with E-state index in [0.717, 1.165) is 37.3 Å². The van der Waals surface area contributed by atoms with Crippen molar-refractivity contribution in [1.82, 2.24) is 10.3 Å². The molecule has 2 aromatic rings. The zero-order valence-electron chi connectivity index (χ0n) is 12.9. The number of carbonyl (C=O) groups is 1. The summed E-state index contributed by atoms with van der Waals surface area (Å²) in [6, 6.07) is 12.0. The van der Waals surface area contributed by atoms with Gasteiger partial charge in [0.05, 0.1) is 11.3 Å². The van der Waals surface area contributed by atoms with Gasteiger partial charge in [0.15, 0.2) is 0 Å². The summed E-state index contributed by atoms with van der Waals surface area (Å²) >= 11 is 0. The van der Waals surface area contributed by atoms with Crippen LogP contribution in [0.5, 0.6) is 0 Å². The van der Waals surface area contributed by atoms with Gasteiger partial charge in [0.25, 0.3) is 5.91 Å². The molecule has 0 atom stereocenters. The number of nitrogens with one attached hydrogen (secondary N) is 3. The van der Waals surface area contributed by atoms with Crippen LogP contribution in [-0.4, -0.2) is 30.0 Å². The highest BCUT2D eigenvalue weighted by atomic mass is 16.1. The van der Waals surface area contributed by atoms with Crippen molar-refractivity contribution in [3.8, 4) is 0 Å². The standard InChI is InChI=1S/C17H21N5O/c18-17(23)14-11-20-16(22-12-4-2-1-3-5-12)10-15(14)21-13-6-8-19-9-7-13/h1-5,10-11,13,19H,6-9H2,(H2,18,23)(H2,20,21,22). The highest BCUT2D eigenvalue weighted by molar-refractivity contribution is 5.98. The van der Waals surface area contributed by atoms with Gasteiger partial charge in [-0.25, -0.2) is 4.98 Å². The molecule has 0 spiro atoms. The van der Waals surface area contributed by atoms with Gasteiger partial charge in [-0.2, -0.15) is 0 Å². The summed E-state index contributed by atoms with van der Waals surface area (Å²) in [5.74, 6) is 0.206.